The number of carbonyl (C=O) groups excluding carboxylic acids is 3. The van der Waals surface area contributed by atoms with Gasteiger partial charge in [0.05, 0.1) is 4.90 Å². The summed E-state index contributed by atoms with van der Waals surface area (Å²) in [4.78, 5) is 35.3. The molecular formula is C15H16N6O9S3. The van der Waals surface area contributed by atoms with Crippen molar-refractivity contribution in [3.8, 4) is 0 Å². The van der Waals surface area contributed by atoms with E-state index in [4.69, 9.17) is 9.11 Å². The van der Waals surface area contributed by atoms with Crippen molar-refractivity contribution >= 4 is 67.7 Å². The van der Waals surface area contributed by atoms with E-state index in [1.807, 2.05) is 0 Å². The molecule has 0 saturated heterocycles. The Kier molecular flexibility index (Phi) is 8.82. The van der Waals surface area contributed by atoms with E-state index < -0.39 is 50.6 Å². The van der Waals surface area contributed by atoms with Crippen LogP contribution in [0.3, 0.4) is 0 Å². The molecule has 0 aliphatic carbocycles. The van der Waals surface area contributed by atoms with Crippen molar-refractivity contribution in [1.82, 2.24) is 14.2 Å². The van der Waals surface area contributed by atoms with Crippen molar-refractivity contribution < 1.29 is 40.3 Å². The third kappa shape index (κ3) is 8.82. The van der Waals surface area contributed by atoms with Gasteiger partial charge in [-0.05, 0) is 30.3 Å². The van der Waals surface area contributed by atoms with Crippen LogP contribution < -0.4 is 30.1 Å². The molecule has 2 aromatic rings. The molecule has 2 atom stereocenters. The molecule has 2 rings (SSSR count). The Bertz CT molecular complexity index is 1160. The highest BCUT2D eigenvalue weighted by Gasteiger charge is 2.18. The molecule has 0 heterocycles. The Morgan fingerprint density at radius 3 is 1.48 bits per heavy atom. The molecule has 0 bridgehead atoms. The maximum Gasteiger partial charge on any atom is 0.333 e. The van der Waals surface area contributed by atoms with Crippen molar-refractivity contribution in [2.45, 2.75) is 4.90 Å². The first-order valence-electron chi connectivity index (χ1n) is 8.35. The van der Waals surface area contributed by atoms with Crippen LogP contribution in [0.2, 0.25) is 0 Å². The van der Waals surface area contributed by atoms with Gasteiger partial charge in [0, 0.05) is 17.1 Å². The molecule has 0 aromatic heterocycles. The Balaban J connectivity index is 2.24. The largest absolute Gasteiger partial charge is 0.333 e. The van der Waals surface area contributed by atoms with Gasteiger partial charge in [-0.25, -0.2) is 45.4 Å². The number of amides is 6. The van der Waals surface area contributed by atoms with Gasteiger partial charge in [0.25, 0.3) is 32.6 Å². The van der Waals surface area contributed by atoms with Gasteiger partial charge >= 0.3 is 18.1 Å². The van der Waals surface area contributed by atoms with E-state index in [1.54, 1.807) is 20.2 Å². The van der Waals surface area contributed by atoms with Gasteiger partial charge in [0.15, 0.2) is 0 Å². The maximum absolute atomic E-state index is 12.3. The summed E-state index contributed by atoms with van der Waals surface area (Å²) in [7, 11) is -4.21. The lowest BCUT2D eigenvalue weighted by atomic mass is 10.2. The summed E-state index contributed by atoms with van der Waals surface area (Å²) in [6, 6.07) is 6.94. The average Bonchev–Trinajstić information content (AvgIpc) is 2.66. The second-order valence-corrected chi connectivity index (χ2v) is 8.87. The van der Waals surface area contributed by atoms with Crippen LogP contribution in [0.25, 0.3) is 0 Å². The highest BCUT2D eigenvalue weighted by atomic mass is 32.2. The van der Waals surface area contributed by atoms with Crippen molar-refractivity contribution in [3.05, 3.63) is 48.5 Å². The maximum atomic E-state index is 12.3. The van der Waals surface area contributed by atoms with Crippen molar-refractivity contribution in [1.29, 1.82) is 0 Å². The Morgan fingerprint density at radius 2 is 1.09 bits per heavy atom. The van der Waals surface area contributed by atoms with Crippen molar-refractivity contribution in [3.63, 3.8) is 0 Å². The third-order valence-electron chi connectivity index (χ3n) is 3.35. The lowest BCUT2D eigenvalue weighted by Gasteiger charge is -2.13. The molecule has 0 aliphatic heterocycles. The summed E-state index contributed by atoms with van der Waals surface area (Å²) >= 11 is -5.37. The zero-order chi connectivity index (χ0) is 24.6. The van der Waals surface area contributed by atoms with Gasteiger partial charge < -0.3 is 16.0 Å². The molecule has 0 fully saturated rings. The van der Waals surface area contributed by atoms with Gasteiger partial charge in [-0.2, -0.15) is 0 Å². The normalized spacial score (nSPS) is 12.5. The summed E-state index contributed by atoms with van der Waals surface area (Å²) < 4.78 is 68.2. The number of urea groups is 3. The molecule has 8 N–H and O–H groups in total. The summed E-state index contributed by atoms with van der Waals surface area (Å²) in [5, 5.41) is 6.47. The number of rotatable bonds is 7. The minimum Gasteiger partial charge on any atom is -0.307 e. The van der Waals surface area contributed by atoms with E-state index in [0.29, 0.717) is 0 Å². The van der Waals surface area contributed by atoms with E-state index in [0.717, 1.165) is 18.2 Å². The second kappa shape index (κ2) is 11.3. The number of nitrogens with one attached hydrogen (secondary N) is 6. The molecule has 33 heavy (non-hydrogen) atoms. The van der Waals surface area contributed by atoms with Crippen LogP contribution in [-0.4, -0.2) is 44.0 Å². The standard InChI is InChI=1S/C15H16N6O9S3/c22-13(19-31(25)26)16-9-6-10(17-14(23)20-32(27)28)8-11(7-9)18-15(24)21-33(29,30)12-4-2-1-3-5-12/h1-8H,(H,25,26)(H,27,28)(H2,16,19,22)(H2,17,20,23)(H2,18,21,24). The molecule has 0 saturated carbocycles. The van der Waals surface area contributed by atoms with Gasteiger partial charge in [0.1, 0.15) is 0 Å². The first-order chi connectivity index (χ1) is 15.4. The zero-order valence-corrected chi connectivity index (χ0v) is 18.5. The molecule has 2 unspecified atom stereocenters. The second-order valence-electron chi connectivity index (χ2n) is 5.78. The zero-order valence-electron chi connectivity index (χ0n) is 16.1. The topological polar surface area (TPSA) is 232 Å². The highest BCUT2D eigenvalue weighted by Crippen LogP contribution is 2.23. The van der Waals surface area contributed by atoms with Gasteiger partial charge in [-0.3, -0.25) is 9.11 Å². The quantitative estimate of drug-likeness (QED) is 0.240. The lowest BCUT2D eigenvalue weighted by molar-refractivity contribution is 0.255. The monoisotopic (exact) mass is 520 g/mol. The molecule has 15 nitrogen and oxygen atoms in total. The summed E-state index contributed by atoms with van der Waals surface area (Å²) in [5.74, 6) is 0. The summed E-state index contributed by atoms with van der Waals surface area (Å²) in [5.41, 5.74) is -0.386. The van der Waals surface area contributed by atoms with Gasteiger partial charge in [-0.15, -0.1) is 0 Å². The molecule has 0 radical (unpaired) electrons. The first-order valence-corrected chi connectivity index (χ1v) is 12.1. The number of benzene rings is 2. The Hall–Kier alpha value is -3.58. The van der Waals surface area contributed by atoms with Crippen molar-refractivity contribution in [2.24, 2.45) is 0 Å². The molecular weight excluding hydrogens is 504 g/mol. The molecule has 6 amide bonds. The van der Waals surface area contributed by atoms with Crippen LogP contribution in [0, 0.1) is 0 Å². The molecule has 2 aromatic carbocycles. The fourth-order valence-electron chi connectivity index (χ4n) is 2.25. The van der Waals surface area contributed by atoms with Crippen LogP contribution in [0.1, 0.15) is 0 Å². The van der Waals surface area contributed by atoms with Gasteiger partial charge in [-0.1, -0.05) is 18.2 Å². The Morgan fingerprint density at radius 1 is 0.697 bits per heavy atom. The van der Waals surface area contributed by atoms with Crippen LogP contribution in [0.5, 0.6) is 0 Å². The number of hydrogen-bond donors (Lipinski definition) is 8. The number of carbonyl (C=O) groups is 3. The van der Waals surface area contributed by atoms with E-state index >= 15 is 0 Å². The van der Waals surface area contributed by atoms with Crippen LogP contribution in [0.4, 0.5) is 31.4 Å². The lowest BCUT2D eigenvalue weighted by Crippen LogP contribution is -2.34. The number of anilines is 3. The third-order valence-corrected chi connectivity index (χ3v) is 5.41. The van der Waals surface area contributed by atoms with Crippen LogP contribution >= 0.6 is 0 Å². The molecule has 178 valence electrons. The summed E-state index contributed by atoms with van der Waals surface area (Å²) in [6.45, 7) is 0. The SMILES string of the molecule is O=C(Nc1cc(NC(=O)NS(=O)O)cc(NC(=O)NS(=O)(=O)c2ccccc2)c1)NS(=O)O. The van der Waals surface area contributed by atoms with E-state index in [9.17, 15) is 31.2 Å². The minimum atomic E-state index is -4.21. The highest BCUT2D eigenvalue weighted by molar-refractivity contribution is 7.90. The van der Waals surface area contributed by atoms with E-state index in [1.165, 1.54) is 24.3 Å². The summed E-state index contributed by atoms with van der Waals surface area (Å²) in [6.07, 6.45) is 0. The number of sulfonamides is 1. The van der Waals surface area contributed by atoms with Crippen molar-refractivity contribution in [2.75, 3.05) is 16.0 Å². The minimum absolute atomic E-state index is 0.123. The Labute approximate surface area is 191 Å². The smallest absolute Gasteiger partial charge is 0.307 e. The van der Waals surface area contributed by atoms with Crippen LogP contribution in [-0.2, 0) is 32.6 Å². The first kappa shape index (κ1) is 25.7. The van der Waals surface area contributed by atoms with Crippen LogP contribution in [0.15, 0.2) is 53.4 Å². The molecule has 18 heteroatoms. The average molecular weight is 521 g/mol. The fraction of sp³-hybridized carbons (Fsp3) is 0. The predicted octanol–water partition coefficient (Wildman–Crippen LogP) is 0.713. The fourth-order valence-corrected chi connectivity index (χ4v) is 3.60. The predicted molar refractivity (Wildman–Crippen MR) is 118 cm³/mol. The van der Waals surface area contributed by atoms with E-state index in [2.05, 4.69) is 16.0 Å². The van der Waals surface area contributed by atoms with Gasteiger partial charge in [0.2, 0.25) is 0 Å². The number of hydrogen-bond acceptors (Lipinski definition) is 7. The van der Waals surface area contributed by atoms with E-state index in [-0.39, 0.29) is 22.0 Å². The molecule has 0 spiro atoms. The molecule has 0 aliphatic rings.